The van der Waals surface area contributed by atoms with Crippen LogP contribution in [0.4, 0.5) is 17.1 Å². The molecule has 1 saturated heterocycles. The molecule has 1 saturated carbocycles. The van der Waals surface area contributed by atoms with Crippen molar-refractivity contribution in [1.29, 1.82) is 0 Å². The summed E-state index contributed by atoms with van der Waals surface area (Å²) in [5, 5.41) is 11.1. The second kappa shape index (κ2) is 27.5. The quantitative estimate of drug-likeness (QED) is 0.0420. The zero-order valence-corrected chi connectivity index (χ0v) is 49.4. The van der Waals surface area contributed by atoms with Crippen LogP contribution in [-0.2, 0) is 33.5 Å². The number of ether oxygens (including phenoxy) is 5. The van der Waals surface area contributed by atoms with Gasteiger partial charge in [0.25, 0.3) is 11.8 Å². The Bertz CT molecular complexity index is 3190. The van der Waals surface area contributed by atoms with E-state index in [1.54, 1.807) is 73.2 Å². The first-order chi connectivity index (χ1) is 40.9. The maximum Gasteiger partial charge on any atom is 0.260 e. The smallest absolute Gasteiger partial charge is 0.260 e. The average molecular weight is 1170 g/mol. The third-order valence-electron chi connectivity index (χ3n) is 16.0. The molecule has 0 spiro atoms. The number of likely N-dealkylation sites (tertiary alicyclic amines) is 1. The minimum Gasteiger partial charge on any atom is -0.493 e. The van der Waals surface area contributed by atoms with E-state index in [4.69, 9.17) is 33.7 Å². The van der Waals surface area contributed by atoms with Crippen molar-refractivity contribution < 1.29 is 62.0 Å². The molecule has 85 heavy (non-hydrogen) atoms. The summed E-state index contributed by atoms with van der Waals surface area (Å²) in [6.45, 7) is 10.5. The van der Waals surface area contributed by atoms with Crippen molar-refractivity contribution >= 4 is 82.3 Å². The number of amides is 8. The van der Waals surface area contributed by atoms with E-state index in [1.165, 1.54) is 37.5 Å². The molecule has 4 N–H and O–H groups in total. The van der Waals surface area contributed by atoms with Crippen molar-refractivity contribution in [3.8, 4) is 23.0 Å². The Balaban J connectivity index is 0.681. The van der Waals surface area contributed by atoms with E-state index >= 15 is 0 Å². The molecule has 22 heteroatoms. The van der Waals surface area contributed by atoms with Gasteiger partial charge in [-0.25, -0.2) is 0 Å². The second-order valence-electron chi connectivity index (χ2n) is 22.9. The van der Waals surface area contributed by atoms with E-state index < -0.39 is 23.9 Å². The predicted molar refractivity (Wildman–Crippen MR) is 317 cm³/mol. The first kappa shape index (κ1) is 61.2. The highest BCUT2D eigenvalue weighted by Crippen LogP contribution is 2.45. The van der Waals surface area contributed by atoms with Crippen LogP contribution in [0.15, 0.2) is 76.5 Å². The molecule has 3 aromatic rings. The van der Waals surface area contributed by atoms with Gasteiger partial charge in [0.1, 0.15) is 12.1 Å². The van der Waals surface area contributed by atoms with E-state index in [0.29, 0.717) is 82.8 Å². The van der Waals surface area contributed by atoms with Crippen LogP contribution in [0.1, 0.15) is 125 Å². The molecule has 8 amide bonds. The van der Waals surface area contributed by atoms with Crippen molar-refractivity contribution in [2.45, 2.75) is 123 Å². The maximum atomic E-state index is 14.1. The molecule has 0 bridgehead atoms. The number of anilines is 1. The minimum absolute atomic E-state index is 0.0834. The van der Waals surface area contributed by atoms with Gasteiger partial charge < -0.3 is 54.8 Å². The first-order valence-electron chi connectivity index (χ1n) is 29.5. The molecule has 3 aromatic carbocycles. The standard InChI is InChI=1S/C63H77N9O13/c1-36(2)46-29-57(75)70(61(46)78)20-8-11-55(73)64-19-24-83-21-9-12-56(74)69-58(37(3)4)60(77)67-38(5)59(76)68-43-17-15-40(16-18-43)42-26-45-33-66-50-31-54(52(82-7)28-48(50)63(80)72(45)35-42)85-23-10-22-84-53-30-49-47(27-51(53)81-6)62(79)71-34-41(39-13-14-39)25-44(71)32-65-49/h15-18,27-28,30-39,44-46,58H,8-14,19-26,29H2,1-7H3,(H,64,73)(H,67,77)(H,68,76)(H,69,74)/t38-,44-,45-,46?,58-/m0/s1. The highest BCUT2D eigenvalue weighted by molar-refractivity contribution is 6.07. The summed E-state index contributed by atoms with van der Waals surface area (Å²) in [5.41, 5.74) is 5.33. The number of rotatable bonds is 28. The summed E-state index contributed by atoms with van der Waals surface area (Å²) >= 11 is 0. The number of hydrogen-bond acceptors (Lipinski definition) is 15. The van der Waals surface area contributed by atoms with Crippen molar-refractivity contribution in [3.05, 3.63) is 83.2 Å². The highest BCUT2D eigenvalue weighted by Gasteiger charge is 2.41. The molecule has 9 rings (SSSR count). The van der Waals surface area contributed by atoms with Gasteiger partial charge in [0.15, 0.2) is 23.0 Å². The number of benzene rings is 3. The lowest BCUT2D eigenvalue weighted by molar-refractivity contribution is -0.140. The van der Waals surface area contributed by atoms with Crippen LogP contribution in [0.2, 0.25) is 0 Å². The largest absolute Gasteiger partial charge is 0.493 e. The fourth-order valence-electron chi connectivity index (χ4n) is 10.9. The summed E-state index contributed by atoms with van der Waals surface area (Å²) in [6, 6.07) is 11.7. The third kappa shape index (κ3) is 14.8. The second-order valence-corrected chi connectivity index (χ2v) is 22.9. The highest BCUT2D eigenvalue weighted by atomic mass is 16.5. The van der Waals surface area contributed by atoms with Crippen LogP contribution >= 0.6 is 0 Å². The number of imide groups is 1. The van der Waals surface area contributed by atoms with E-state index in [0.717, 1.165) is 17.6 Å². The molecule has 5 aliphatic heterocycles. The van der Waals surface area contributed by atoms with Crippen LogP contribution < -0.4 is 40.2 Å². The van der Waals surface area contributed by atoms with Gasteiger partial charge in [-0.05, 0) is 97.8 Å². The number of hydrogen-bond donors (Lipinski definition) is 4. The van der Waals surface area contributed by atoms with E-state index in [-0.39, 0.29) is 124 Å². The molecule has 2 fully saturated rings. The number of methoxy groups -OCH3 is 2. The van der Waals surface area contributed by atoms with Crippen LogP contribution in [0, 0.1) is 23.7 Å². The SMILES string of the molecule is COc1cc2c(cc1OCCCOc1cc3c(cc1OC)C(=O)N1C=C(C4CC4)C[C@H]1C=N3)N=C[C@@H]1CC(c3ccc(NC(=O)[C@H](C)NC(=O)[C@@H](NC(=O)CCCOCCNC(=O)CCCN4C(=O)CC(C(C)C)C4=O)C(C)C)cc3)=CN1C2=O. The lowest BCUT2D eigenvalue weighted by Gasteiger charge is -2.24. The average Bonchev–Trinajstić information content (AvgIpc) is 3.97. The van der Waals surface area contributed by atoms with Gasteiger partial charge in [-0.15, -0.1) is 0 Å². The van der Waals surface area contributed by atoms with Crippen LogP contribution in [0.25, 0.3) is 5.57 Å². The van der Waals surface area contributed by atoms with Crippen LogP contribution in [0.3, 0.4) is 0 Å². The Hall–Kier alpha value is -8.40. The Morgan fingerprint density at radius 2 is 1.27 bits per heavy atom. The van der Waals surface area contributed by atoms with E-state index in [9.17, 15) is 38.4 Å². The van der Waals surface area contributed by atoms with Crippen molar-refractivity contribution in [1.82, 2.24) is 30.7 Å². The molecular formula is C63H77N9O13. The number of fused-ring (bicyclic) bond motifs is 4. The van der Waals surface area contributed by atoms with Gasteiger partial charge in [0, 0.05) is 100 Å². The fraction of sp³-hybridized carbons (Fsp3) is 0.492. The van der Waals surface area contributed by atoms with Gasteiger partial charge in [-0.2, -0.15) is 0 Å². The zero-order valence-electron chi connectivity index (χ0n) is 49.4. The van der Waals surface area contributed by atoms with Crippen molar-refractivity contribution in [3.63, 3.8) is 0 Å². The molecule has 6 aliphatic rings. The summed E-state index contributed by atoms with van der Waals surface area (Å²) in [7, 11) is 3.05. The summed E-state index contributed by atoms with van der Waals surface area (Å²) in [6.07, 6.45) is 12.8. The summed E-state index contributed by atoms with van der Waals surface area (Å²) in [5.74, 6) is -0.469. The Labute approximate surface area is 495 Å². The lowest BCUT2D eigenvalue weighted by atomic mass is 9.94. The zero-order chi connectivity index (χ0) is 60.5. The van der Waals surface area contributed by atoms with Crippen molar-refractivity contribution in [2.75, 3.05) is 59.1 Å². The fourth-order valence-corrected chi connectivity index (χ4v) is 10.9. The Morgan fingerprint density at radius 1 is 0.659 bits per heavy atom. The first-order valence-corrected chi connectivity index (χ1v) is 29.5. The molecule has 1 unspecified atom stereocenters. The van der Waals surface area contributed by atoms with Gasteiger partial charge in [0.05, 0.1) is 68.6 Å². The van der Waals surface area contributed by atoms with Crippen LogP contribution in [-0.4, -0.2) is 152 Å². The van der Waals surface area contributed by atoms with E-state index in [1.807, 2.05) is 44.6 Å². The number of carbonyl (C=O) groups excluding carboxylic acids is 8. The molecule has 5 atom stereocenters. The van der Waals surface area contributed by atoms with Gasteiger partial charge in [-0.1, -0.05) is 39.8 Å². The normalized spacial score (nSPS) is 19.3. The minimum atomic E-state index is -0.939. The summed E-state index contributed by atoms with van der Waals surface area (Å²) in [4.78, 5) is 118. The monoisotopic (exact) mass is 1170 g/mol. The van der Waals surface area contributed by atoms with Gasteiger partial charge in [0.2, 0.25) is 35.4 Å². The number of aliphatic imine (C=N–C) groups is 2. The molecule has 0 aromatic heterocycles. The van der Waals surface area contributed by atoms with Gasteiger partial charge in [-0.3, -0.25) is 53.2 Å². The molecule has 1 aliphatic carbocycles. The number of nitrogens with one attached hydrogen (secondary N) is 4. The van der Waals surface area contributed by atoms with E-state index in [2.05, 4.69) is 21.3 Å². The molecule has 0 radical (unpaired) electrons. The van der Waals surface area contributed by atoms with Crippen LogP contribution in [0.5, 0.6) is 23.0 Å². The summed E-state index contributed by atoms with van der Waals surface area (Å²) < 4.78 is 29.2. The Kier molecular flexibility index (Phi) is 19.8. The van der Waals surface area contributed by atoms with Crippen molar-refractivity contribution in [2.24, 2.45) is 33.7 Å². The van der Waals surface area contributed by atoms with Gasteiger partial charge >= 0.3 is 0 Å². The molecular weight excluding hydrogens is 1090 g/mol. The molecule has 22 nitrogen and oxygen atoms in total. The molecule has 5 heterocycles. The third-order valence-corrected chi connectivity index (χ3v) is 16.0. The maximum absolute atomic E-state index is 14.1. The topological polar surface area (TPSA) is 265 Å². The Morgan fingerprint density at radius 3 is 1.86 bits per heavy atom. The lowest BCUT2D eigenvalue weighted by Crippen LogP contribution is -2.53. The molecule has 452 valence electrons. The number of carbonyl (C=O) groups is 8. The number of nitrogens with zero attached hydrogens (tertiary/aromatic N) is 5. The predicted octanol–water partition coefficient (Wildman–Crippen LogP) is 7.06.